The van der Waals surface area contributed by atoms with Gasteiger partial charge in [0.25, 0.3) is 0 Å². The lowest BCUT2D eigenvalue weighted by molar-refractivity contribution is 1.18. The number of rotatable bonds is 2. The summed E-state index contributed by atoms with van der Waals surface area (Å²) in [6, 6.07) is 10.3. The van der Waals surface area contributed by atoms with Crippen LogP contribution in [-0.4, -0.2) is 0 Å². The van der Waals surface area contributed by atoms with E-state index in [0.29, 0.717) is 0 Å². The third-order valence-corrected chi connectivity index (χ3v) is 4.79. The maximum Gasteiger partial charge on any atom is 0.0928 e. The molecule has 0 bridgehead atoms. The minimum absolute atomic E-state index is 0.0764. The van der Waals surface area contributed by atoms with Gasteiger partial charge in [0.1, 0.15) is 0 Å². The van der Waals surface area contributed by atoms with E-state index in [1.165, 1.54) is 9.75 Å². The number of hydrogen-bond donors (Lipinski definition) is 0. The fourth-order valence-corrected chi connectivity index (χ4v) is 4.02. The van der Waals surface area contributed by atoms with Crippen LogP contribution in [0.15, 0.2) is 39.3 Å². The van der Waals surface area contributed by atoms with Crippen molar-refractivity contribution in [2.75, 3.05) is 0 Å². The van der Waals surface area contributed by atoms with Crippen molar-refractivity contribution in [3.63, 3.8) is 0 Å². The summed E-state index contributed by atoms with van der Waals surface area (Å²) in [5, 5.41) is -0.0764. The zero-order valence-electron chi connectivity index (χ0n) is 8.51. The fourth-order valence-electron chi connectivity index (χ4n) is 1.48. The molecule has 0 amide bonds. The number of alkyl halides is 1. The third-order valence-electron chi connectivity index (χ3n) is 2.19. The average Bonchev–Trinajstić information content (AvgIpc) is 2.62. The molecule has 1 atom stereocenters. The van der Waals surface area contributed by atoms with Crippen LogP contribution in [0.25, 0.3) is 0 Å². The first-order chi connectivity index (χ1) is 7.56. The molecule has 2 rings (SSSR count). The Morgan fingerprint density at radius 1 is 1.12 bits per heavy atom. The topological polar surface area (TPSA) is 0 Å². The van der Waals surface area contributed by atoms with E-state index in [1.54, 1.807) is 11.3 Å². The van der Waals surface area contributed by atoms with Crippen molar-refractivity contribution in [1.29, 1.82) is 0 Å². The molecule has 1 unspecified atom stereocenters. The molecule has 0 spiro atoms. The Bertz CT molecular complexity index is 487. The highest BCUT2D eigenvalue weighted by molar-refractivity contribution is 9.11. The van der Waals surface area contributed by atoms with Gasteiger partial charge in [-0.05, 0) is 42.8 Å². The van der Waals surface area contributed by atoms with E-state index in [-0.39, 0.29) is 5.38 Å². The van der Waals surface area contributed by atoms with Crippen LogP contribution in [0.1, 0.15) is 20.7 Å². The Labute approximate surface area is 121 Å². The van der Waals surface area contributed by atoms with Crippen LogP contribution in [0, 0.1) is 6.92 Å². The second-order valence-corrected chi connectivity index (χ2v) is 7.10. The summed E-state index contributed by atoms with van der Waals surface area (Å²) in [7, 11) is 0. The number of halogens is 3. The number of hydrogen-bond acceptors (Lipinski definition) is 1. The molecule has 0 aliphatic rings. The monoisotopic (exact) mass is 378 g/mol. The van der Waals surface area contributed by atoms with Gasteiger partial charge in [0, 0.05) is 18.7 Å². The van der Waals surface area contributed by atoms with Crippen molar-refractivity contribution in [2.45, 2.75) is 12.3 Å². The number of aryl methyl sites for hydroxylation is 1. The standard InChI is InChI=1S/C12H9Br2ClS/c1-7-2-3-11(16-7)12(15)8-4-9(13)6-10(14)5-8/h2-6,12H,1H3. The lowest BCUT2D eigenvalue weighted by Crippen LogP contribution is -1.90. The van der Waals surface area contributed by atoms with E-state index in [0.717, 1.165) is 14.5 Å². The van der Waals surface area contributed by atoms with E-state index < -0.39 is 0 Å². The van der Waals surface area contributed by atoms with Crippen molar-refractivity contribution in [2.24, 2.45) is 0 Å². The molecular weight excluding hydrogens is 371 g/mol. The van der Waals surface area contributed by atoms with Crippen LogP contribution in [-0.2, 0) is 0 Å². The molecular formula is C12H9Br2ClS. The summed E-state index contributed by atoms with van der Waals surface area (Å²) in [4.78, 5) is 2.47. The van der Waals surface area contributed by atoms with E-state index >= 15 is 0 Å². The van der Waals surface area contributed by atoms with Crippen molar-refractivity contribution >= 4 is 54.8 Å². The quantitative estimate of drug-likeness (QED) is 0.568. The van der Waals surface area contributed by atoms with E-state index in [9.17, 15) is 0 Å². The van der Waals surface area contributed by atoms with E-state index in [2.05, 4.69) is 63.0 Å². The molecule has 0 saturated heterocycles. The molecule has 1 heterocycles. The first kappa shape index (κ1) is 12.6. The molecule has 0 saturated carbocycles. The second-order valence-electron chi connectivity index (χ2n) is 3.51. The van der Waals surface area contributed by atoms with Crippen LogP contribution in [0.3, 0.4) is 0 Å². The molecule has 0 N–H and O–H groups in total. The Morgan fingerprint density at radius 3 is 2.25 bits per heavy atom. The Kier molecular flexibility index (Phi) is 4.11. The zero-order chi connectivity index (χ0) is 11.7. The Morgan fingerprint density at radius 2 is 1.75 bits per heavy atom. The highest BCUT2D eigenvalue weighted by Crippen LogP contribution is 2.35. The highest BCUT2D eigenvalue weighted by atomic mass is 79.9. The van der Waals surface area contributed by atoms with Gasteiger partial charge < -0.3 is 0 Å². The molecule has 84 valence electrons. The van der Waals surface area contributed by atoms with Gasteiger partial charge in [-0.2, -0.15) is 0 Å². The molecule has 0 aliphatic carbocycles. The van der Waals surface area contributed by atoms with Crippen molar-refractivity contribution in [1.82, 2.24) is 0 Å². The smallest absolute Gasteiger partial charge is 0.0928 e. The maximum atomic E-state index is 6.46. The van der Waals surface area contributed by atoms with Crippen LogP contribution in [0.4, 0.5) is 0 Å². The van der Waals surface area contributed by atoms with Crippen molar-refractivity contribution in [3.8, 4) is 0 Å². The molecule has 0 radical (unpaired) electrons. The summed E-state index contributed by atoms with van der Waals surface area (Å²) in [6.07, 6.45) is 0. The first-order valence-corrected chi connectivity index (χ1v) is 7.56. The molecule has 2 aromatic rings. The molecule has 0 aliphatic heterocycles. The second kappa shape index (κ2) is 5.21. The molecule has 16 heavy (non-hydrogen) atoms. The summed E-state index contributed by atoms with van der Waals surface area (Å²) < 4.78 is 2.08. The Hall–Kier alpha value is 0.170. The summed E-state index contributed by atoms with van der Waals surface area (Å²) >= 11 is 15.1. The number of thiophene rings is 1. The average molecular weight is 381 g/mol. The molecule has 0 nitrogen and oxygen atoms in total. The van der Waals surface area contributed by atoms with Crippen molar-refractivity contribution in [3.05, 3.63) is 54.6 Å². The molecule has 1 aromatic heterocycles. The van der Waals surface area contributed by atoms with Gasteiger partial charge in [0.15, 0.2) is 0 Å². The summed E-state index contributed by atoms with van der Waals surface area (Å²) in [5.41, 5.74) is 1.10. The van der Waals surface area contributed by atoms with Crippen LogP contribution < -0.4 is 0 Å². The van der Waals surface area contributed by atoms with E-state index in [1.807, 2.05) is 6.07 Å². The lowest BCUT2D eigenvalue weighted by Gasteiger charge is -2.09. The van der Waals surface area contributed by atoms with Gasteiger partial charge in [-0.3, -0.25) is 0 Å². The van der Waals surface area contributed by atoms with Gasteiger partial charge in [-0.25, -0.2) is 0 Å². The minimum atomic E-state index is -0.0764. The zero-order valence-corrected chi connectivity index (χ0v) is 13.3. The molecule has 4 heteroatoms. The molecule has 0 fully saturated rings. The predicted octanol–water partition coefficient (Wildman–Crippen LogP) is 5.91. The summed E-state index contributed by atoms with van der Waals surface area (Å²) in [5.74, 6) is 0. The van der Waals surface area contributed by atoms with Gasteiger partial charge >= 0.3 is 0 Å². The van der Waals surface area contributed by atoms with E-state index in [4.69, 9.17) is 11.6 Å². The van der Waals surface area contributed by atoms with Gasteiger partial charge in [-0.1, -0.05) is 31.9 Å². The third kappa shape index (κ3) is 2.89. The first-order valence-electron chi connectivity index (χ1n) is 4.72. The fraction of sp³-hybridized carbons (Fsp3) is 0.167. The largest absolute Gasteiger partial charge is 0.144 e. The number of benzene rings is 1. The molecule has 1 aromatic carbocycles. The van der Waals surface area contributed by atoms with Gasteiger partial charge in [0.2, 0.25) is 0 Å². The predicted molar refractivity (Wildman–Crippen MR) is 78.6 cm³/mol. The normalized spacial score (nSPS) is 12.8. The summed E-state index contributed by atoms with van der Waals surface area (Å²) in [6.45, 7) is 2.09. The lowest BCUT2D eigenvalue weighted by atomic mass is 10.1. The van der Waals surface area contributed by atoms with Crippen LogP contribution in [0.2, 0.25) is 0 Å². The Balaban J connectivity index is 2.37. The van der Waals surface area contributed by atoms with Crippen LogP contribution in [0.5, 0.6) is 0 Å². The van der Waals surface area contributed by atoms with Crippen molar-refractivity contribution < 1.29 is 0 Å². The van der Waals surface area contributed by atoms with Gasteiger partial charge in [-0.15, -0.1) is 22.9 Å². The SMILES string of the molecule is Cc1ccc(C(Cl)c2cc(Br)cc(Br)c2)s1. The van der Waals surface area contributed by atoms with Crippen LogP contribution >= 0.6 is 54.8 Å². The minimum Gasteiger partial charge on any atom is -0.144 e. The maximum absolute atomic E-state index is 6.46. The highest BCUT2D eigenvalue weighted by Gasteiger charge is 2.13. The van der Waals surface area contributed by atoms with Gasteiger partial charge in [0.05, 0.1) is 5.38 Å².